The van der Waals surface area contributed by atoms with Gasteiger partial charge in [0.15, 0.2) is 0 Å². The third kappa shape index (κ3) is 5.14. The van der Waals surface area contributed by atoms with E-state index in [1.54, 1.807) is 27.1 Å². The summed E-state index contributed by atoms with van der Waals surface area (Å²) < 4.78 is 2.70. The predicted octanol–water partition coefficient (Wildman–Crippen LogP) is 3.54. The summed E-state index contributed by atoms with van der Waals surface area (Å²) in [5, 5.41) is 17.7. The van der Waals surface area contributed by atoms with Crippen LogP contribution >= 0.6 is 33.9 Å². The highest BCUT2D eigenvalue weighted by molar-refractivity contribution is 14.1. The smallest absolute Gasteiger partial charge is 0.248 e. The number of aryl methyl sites for hydroxylation is 1. The van der Waals surface area contributed by atoms with Crippen molar-refractivity contribution in [2.24, 2.45) is 5.92 Å². The Morgan fingerprint density at radius 3 is 2.66 bits per heavy atom. The molecule has 2 N–H and O–H groups in total. The zero-order valence-electron chi connectivity index (χ0n) is 19.4. The van der Waals surface area contributed by atoms with E-state index < -0.39 is 18.2 Å². The van der Waals surface area contributed by atoms with Gasteiger partial charge < -0.3 is 15.3 Å². The number of thiazole rings is 1. The SMILES string of the molecule is Cc1ncsc1-c1ccc(CNC(=O)C2CC(O)CN2C(=O)C(C2CCC2)n2cc(I)cn2)cc1. The second kappa shape index (κ2) is 10.4. The number of carbonyl (C=O) groups is 2. The van der Waals surface area contributed by atoms with Crippen molar-refractivity contribution in [1.82, 2.24) is 25.0 Å². The summed E-state index contributed by atoms with van der Waals surface area (Å²) in [5.74, 6) is -0.157. The van der Waals surface area contributed by atoms with E-state index in [1.807, 2.05) is 42.9 Å². The first-order chi connectivity index (χ1) is 16.9. The molecular weight excluding hydrogens is 577 g/mol. The fraction of sp³-hybridized carbons (Fsp3) is 0.440. The number of β-amino-alcohol motifs (C(OH)–C–C–N with tert-alkyl or cyclic N) is 1. The number of nitrogens with zero attached hydrogens (tertiary/aromatic N) is 4. The first-order valence-electron chi connectivity index (χ1n) is 11.9. The van der Waals surface area contributed by atoms with Gasteiger partial charge >= 0.3 is 0 Å². The van der Waals surface area contributed by atoms with Crippen LogP contribution in [0.15, 0.2) is 42.2 Å². The third-order valence-corrected chi connectivity index (χ3v) is 8.53. The summed E-state index contributed by atoms with van der Waals surface area (Å²) in [4.78, 5) is 33.8. The van der Waals surface area contributed by atoms with E-state index in [-0.39, 0.29) is 30.7 Å². The first kappa shape index (κ1) is 24.4. The minimum Gasteiger partial charge on any atom is -0.391 e. The van der Waals surface area contributed by atoms with Crippen LogP contribution in [0.1, 0.15) is 43.0 Å². The quantitative estimate of drug-likeness (QED) is 0.402. The fourth-order valence-corrected chi connectivity index (χ4v) is 6.11. The molecule has 2 fully saturated rings. The van der Waals surface area contributed by atoms with Gasteiger partial charge in [-0.05, 0) is 59.4 Å². The van der Waals surface area contributed by atoms with Crippen LogP contribution in [0, 0.1) is 16.4 Å². The molecule has 1 aromatic carbocycles. The Morgan fingerprint density at radius 1 is 1.29 bits per heavy atom. The molecule has 2 aliphatic rings. The lowest BCUT2D eigenvalue weighted by Crippen LogP contribution is -2.50. The van der Waals surface area contributed by atoms with Gasteiger partial charge in [0, 0.05) is 25.7 Å². The van der Waals surface area contributed by atoms with Crippen molar-refractivity contribution in [1.29, 1.82) is 0 Å². The molecule has 3 unspecified atom stereocenters. The second-order valence-corrected chi connectivity index (χ2v) is 11.5. The van der Waals surface area contributed by atoms with Crippen molar-refractivity contribution < 1.29 is 14.7 Å². The zero-order valence-corrected chi connectivity index (χ0v) is 22.4. The molecule has 3 atom stereocenters. The first-order valence-corrected chi connectivity index (χ1v) is 13.8. The number of aliphatic hydroxyl groups excluding tert-OH is 1. The van der Waals surface area contributed by atoms with Crippen LogP contribution in [0.25, 0.3) is 10.4 Å². The number of hydrogen-bond donors (Lipinski definition) is 2. The molecule has 1 aliphatic carbocycles. The van der Waals surface area contributed by atoms with E-state index in [4.69, 9.17) is 0 Å². The van der Waals surface area contributed by atoms with Crippen molar-refractivity contribution in [3.05, 3.63) is 57.0 Å². The van der Waals surface area contributed by atoms with E-state index in [0.717, 1.165) is 44.5 Å². The Kier molecular flexibility index (Phi) is 7.21. The number of benzene rings is 1. The Labute approximate surface area is 221 Å². The molecule has 2 aromatic heterocycles. The van der Waals surface area contributed by atoms with Gasteiger partial charge in [-0.3, -0.25) is 14.3 Å². The molecular formula is C25H28IN5O3S. The maximum Gasteiger partial charge on any atom is 0.248 e. The summed E-state index contributed by atoms with van der Waals surface area (Å²) in [6.45, 7) is 2.52. The number of rotatable bonds is 7. The predicted molar refractivity (Wildman–Crippen MR) is 142 cm³/mol. The van der Waals surface area contributed by atoms with Gasteiger partial charge in [0.05, 0.1) is 32.0 Å². The summed E-state index contributed by atoms with van der Waals surface area (Å²) >= 11 is 3.79. The van der Waals surface area contributed by atoms with Crippen LogP contribution in [0.4, 0.5) is 0 Å². The molecule has 35 heavy (non-hydrogen) atoms. The van der Waals surface area contributed by atoms with Gasteiger partial charge in [-0.15, -0.1) is 11.3 Å². The third-order valence-electron chi connectivity index (χ3n) is 7.00. The molecule has 8 nitrogen and oxygen atoms in total. The maximum absolute atomic E-state index is 13.7. The molecule has 10 heteroatoms. The van der Waals surface area contributed by atoms with Gasteiger partial charge in [0.2, 0.25) is 11.8 Å². The van der Waals surface area contributed by atoms with Crippen LogP contribution in [0.3, 0.4) is 0 Å². The molecule has 1 aliphatic heterocycles. The average molecular weight is 606 g/mol. The van der Waals surface area contributed by atoms with E-state index in [2.05, 4.69) is 38.0 Å². The molecule has 0 bridgehead atoms. The van der Waals surface area contributed by atoms with Gasteiger partial charge in [0.1, 0.15) is 12.1 Å². The maximum atomic E-state index is 13.7. The highest BCUT2D eigenvalue weighted by Gasteiger charge is 2.44. The molecule has 184 valence electrons. The van der Waals surface area contributed by atoms with Crippen LogP contribution < -0.4 is 5.32 Å². The van der Waals surface area contributed by atoms with Crippen LogP contribution in [-0.2, 0) is 16.1 Å². The number of likely N-dealkylation sites (tertiary alicyclic amines) is 1. The van der Waals surface area contributed by atoms with Gasteiger partial charge in [-0.1, -0.05) is 30.7 Å². The number of carbonyl (C=O) groups excluding carboxylic acids is 2. The van der Waals surface area contributed by atoms with Gasteiger partial charge in [0.25, 0.3) is 0 Å². The second-order valence-electron chi connectivity index (χ2n) is 9.35. The van der Waals surface area contributed by atoms with Crippen LogP contribution in [-0.4, -0.2) is 55.3 Å². The summed E-state index contributed by atoms with van der Waals surface area (Å²) in [7, 11) is 0. The fourth-order valence-electron chi connectivity index (χ4n) is 4.89. The van der Waals surface area contributed by atoms with E-state index >= 15 is 0 Å². The molecule has 3 aromatic rings. The highest BCUT2D eigenvalue weighted by atomic mass is 127. The van der Waals surface area contributed by atoms with Crippen molar-refractivity contribution in [2.45, 2.75) is 57.3 Å². The average Bonchev–Trinajstić information content (AvgIpc) is 3.54. The lowest BCUT2D eigenvalue weighted by Gasteiger charge is -2.36. The molecule has 0 spiro atoms. The Morgan fingerprint density at radius 2 is 2.06 bits per heavy atom. The number of nitrogens with one attached hydrogen (secondary N) is 1. The highest BCUT2D eigenvalue weighted by Crippen LogP contribution is 2.38. The Balaban J connectivity index is 1.26. The minimum absolute atomic E-state index is 0.129. The topological polar surface area (TPSA) is 100 Å². The van der Waals surface area contributed by atoms with Crippen molar-refractivity contribution in [3.63, 3.8) is 0 Å². The number of amides is 2. The standard InChI is InChI=1S/C25H28IN5O3S/c1-15-23(35-14-28-15)18-7-5-16(6-8-18)10-27-24(33)21-9-20(32)13-30(21)25(34)22(17-3-2-4-17)31-12-19(26)11-29-31/h5-8,11-12,14,17,20-22,32H,2-4,9-10,13H2,1H3,(H,27,33). The molecule has 1 saturated carbocycles. The molecule has 1 saturated heterocycles. The zero-order chi connectivity index (χ0) is 24.5. The molecule has 0 radical (unpaired) electrons. The Bertz CT molecular complexity index is 1210. The molecule has 2 amide bonds. The van der Waals surface area contributed by atoms with Crippen molar-refractivity contribution >= 4 is 45.7 Å². The summed E-state index contributed by atoms with van der Waals surface area (Å²) in [5.41, 5.74) is 4.92. The largest absolute Gasteiger partial charge is 0.391 e. The molecule has 5 rings (SSSR count). The van der Waals surface area contributed by atoms with Crippen molar-refractivity contribution in [3.8, 4) is 10.4 Å². The number of halogens is 1. The molecule has 3 heterocycles. The number of aliphatic hydroxyl groups is 1. The van der Waals surface area contributed by atoms with E-state index in [0.29, 0.717) is 6.54 Å². The van der Waals surface area contributed by atoms with E-state index in [9.17, 15) is 14.7 Å². The number of aromatic nitrogens is 3. The lowest BCUT2D eigenvalue weighted by molar-refractivity contribution is -0.143. The van der Waals surface area contributed by atoms with Gasteiger partial charge in [-0.25, -0.2) is 4.98 Å². The van der Waals surface area contributed by atoms with Crippen LogP contribution in [0.5, 0.6) is 0 Å². The minimum atomic E-state index is -0.712. The van der Waals surface area contributed by atoms with Crippen LogP contribution in [0.2, 0.25) is 0 Å². The normalized spacial score (nSPS) is 21.1. The van der Waals surface area contributed by atoms with Crippen molar-refractivity contribution in [2.75, 3.05) is 6.54 Å². The number of hydrogen-bond acceptors (Lipinski definition) is 6. The van der Waals surface area contributed by atoms with E-state index in [1.165, 1.54) is 0 Å². The van der Waals surface area contributed by atoms with Gasteiger partial charge in [-0.2, -0.15) is 5.10 Å². The summed E-state index contributed by atoms with van der Waals surface area (Å²) in [6, 6.07) is 6.93. The lowest BCUT2D eigenvalue weighted by atomic mass is 9.79. The Hall–Kier alpha value is -2.31. The monoisotopic (exact) mass is 605 g/mol. The summed E-state index contributed by atoms with van der Waals surface area (Å²) in [6.07, 6.45) is 6.19.